The molecule has 0 saturated heterocycles. The van der Waals surface area contributed by atoms with E-state index in [1.54, 1.807) is 24.3 Å². The molecule has 9 heteroatoms. The molecule has 0 heterocycles. The van der Waals surface area contributed by atoms with Crippen molar-refractivity contribution >= 4 is 27.7 Å². The van der Waals surface area contributed by atoms with Crippen molar-refractivity contribution in [3.8, 4) is 0 Å². The van der Waals surface area contributed by atoms with E-state index in [0.29, 0.717) is 0 Å². The molecule has 0 fully saturated rings. The lowest BCUT2D eigenvalue weighted by atomic mass is 10.00. The number of rotatable bonds is 10. The third kappa shape index (κ3) is 7.34. The maximum absolute atomic E-state index is 12.4. The average Bonchev–Trinajstić information content (AvgIpc) is 2.71. The van der Waals surface area contributed by atoms with E-state index in [1.165, 1.54) is 0 Å². The van der Waals surface area contributed by atoms with Crippen LogP contribution in [0.4, 0.5) is 0 Å². The second kappa shape index (κ2) is 11.4. The van der Waals surface area contributed by atoms with Crippen LogP contribution in [0, 0.1) is 6.92 Å². The molecule has 0 aromatic heterocycles. The van der Waals surface area contributed by atoms with E-state index in [-0.39, 0.29) is 41.1 Å². The van der Waals surface area contributed by atoms with Crippen LogP contribution < -0.4 is 0 Å². The maximum atomic E-state index is 12.4. The highest BCUT2D eigenvalue weighted by atomic mass is 32.2. The van der Waals surface area contributed by atoms with Gasteiger partial charge in [-0.25, -0.2) is 18.0 Å². The van der Waals surface area contributed by atoms with Crippen LogP contribution in [-0.4, -0.2) is 53.4 Å². The Hall–Kier alpha value is -2.68. The number of hydrogen-bond donors (Lipinski definition) is 0. The van der Waals surface area contributed by atoms with Gasteiger partial charge in [-0.3, -0.25) is 4.79 Å². The third-order valence-corrected chi connectivity index (χ3v) is 6.06. The van der Waals surface area contributed by atoms with E-state index in [1.807, 2.05) is 6.92 Å². The number of ether oxygens (including phenoxy) is 3. The molecule has 0 N–H and O–H groups in total. The zero-order valence-electron chi connectivity index (χ0n) is 17.0. The standard InChI is InChI=1S/C20H26O8S/c1-14-8-10-15(11-9-14)29(24,25)12-6-5-7-16(19(22)27-3)17(20(23)28-4)13-18(21)26-2/h8-11H,5-7,12-13H2,1-4H3. The van der Waals surface area contributed by atoms with E-state index < -0.39 is 34.2 Å². The van der Waals surface area contributed by atoms with Gasteiger partial charge in [0.05, 0.1) is 44.0 Å². The molecule has 1 aromatic rings. The summed E-state index contributed by atoms with van der Waals surface area (Å²) >= 11 is 0. The Morgan fingerprint density at radius 3 is 1.90 bits per heavy atom. The molecular weight excluding hydrogens is 400 g/mol. The van der Waals surface area contributed by atoms with Gasteiger partial charge in [0, 0.05) is 5.57 Å². The predicted octanol–water partition coefficient (Wildman–Crippen LogP) is 2.14. The Morgan fingerprint density at radius 1 is 0.828 bits per heavy atom. The third-order valence-electron chi connectivity index (χ3n) is 4.25. The number of unbranched alkanes of at least 4 members (excludes halogenated alkanes) is 1. The van der Waals surface area contributed by atoms with Crippen LogP contribution in [0.2, 0.25) is 0 Å². The molecule has 0 amide bonds. The Balaban J connectivity index is 2.93. The smallest absolute Gasteiger partial charge is 0.334 e. The van der Waals surface area contributed by atoms with Crippen LogP contribution in [0.15, 0.2) is 40.3 Å². The number of benzene rings is 1. The molecule has 160 valence electrons. The van der Waals surface area contributed by atoms with Crippen LogP contribution in [0.3, 0.4) is 0 Å². The van der Waals surface area contributed by atoms with Gasteiger partial charge in [0.15, 0.2) is 9.84 Å². The number of sulfone groups is 1. The van der Waals surface area contributed by atoms with E-state index in [0.717, 1.165) is 26.9 Å². The van der Waals surface area contributed by atoms with E-state index in [4.69, 9.17) is 4.74 Å². The van der Waals surface area contributed by atoms with Gasteiger partial charge in [-0.05, 0) is 38.3 Å². The van der Waals surface area contributed by atoms with Crippen LogP contribution in [0.25, 0.3) is 0 Å². The average molecular weight is 426 g/mol. The molecule has 0 spiro atoms. The van der Waals surface area contributed by atoms with Crippen molar-refractivity contribution in [2.75, 3.05) is 27.1 Å². The fourth-order valence-corrected chi connectivity index (χ4v) is 3.97. The second-order valence-corrected chi connectivity index (χ2v) is 8.39. The first-order valence-electron chi connectivity index (χ1n) is 8.91. The fourth-order valence-electron chi connectivity index (χ4n) is 2.60. The van der Waals surface area contributed by atoms with E-state index in [9.17, 15) is 22.8 Å². The van der Waals surface area contributed by atoms with Crippen molar-refractivity contribution in [1.29, 1.82) is 0 Å². The summed E-state index contributed by atoms with van der Waals surface area (Å²) in [6.07, 6.45) is 0.146. The summed E-state index contributed by atoms with van der Waals surface area (Å²) in [5, 5.41) is 0. The van der Waals surface area contributed by atoms with Crippen molar-refractivity contribution in [2.45, 2.75) is 37.5 Å². The molecule has 29 heavy (non-hydrogen) atoms. The summed E-state index contributed by atoms with van der Waals surface area (Å²) in [5.41, 5.74) is 0.767. The highest BCUT2D eigenvalue weighted by molar-refractivity contribution is 7.91. The second-order valence-electron chi connectivity index (χ2n) is 6.28. The Kier molecular flexibility index (Phi) is 9.54. The molecule has 8 nitrogen and oxygen atoms in total. The summed E-state index contributed by atoms with van der Waals surface area (Å²) in [6.45, 7) is 1.87. The topological polar surface area (TPSA) is 113 Å². The first-order chi connectivity index (χ1) is 13.7. The zero-order chi connectivity index (χ0) is 22.0. The minimum atomic E-state index is -3.46. The molecule has 1 aromatic carbocycles. The minimum Gasteiger partial charge on any atom is -0.469 e. The first-order valence-corrected chi connectivity index (χ1v) is 10.6. The highest BCUT2D eigenvalue weighted by Gasteiger charge is 2.25. The molecule has 0 radical (unpaired) electrons. The van der Waals surface area contributed by atoms with Crippen molar-refractivity contribution in [1.82, 2.24) is 0 Å². The van der Waals surface area contributed by atoms with Crippen molar-refractivity contribution in [2.24, 2.45) is 0 Å². The quantitative estimate of drug-likeness (QED) is 0.242. The lowest BCUT2D eigenvalue weighted by Gasteiger charge is -2.12. The van der Waals surface area contributed by atoms with Gasteiger partial charge in [-0.2, -0.15) is 0 Å². The minimum absolute atomic E-state index is 0.0301. The number of methoxy groups -OCH3 is 3. The summed E-state index contributed by atoms with van der Waals surface area (Å²) in [4.78, 5) is 36.0. The van der Waals surface area contributed by atoms with Crippen LogP contribution in [-0.2, 0) is 38.4 Å². The molecule has 0 saturated carbocycles. The van der Waals surface area contributed by atoms with Crippen LogP contribution >= 0.6 is 0 Å². The summed E-state index contributed by atoms with van der Waals surface area (Å²) < 4.78 is 38.7. The van der Waals surface area contributed by atoms with Crippen molar-refractivity contribution in [3.63, 3.8) is 0 Å². The number of carbonyl (C=O) groups is 3. The van der Waals surface area contributed by atoms with Gasteiger partial charge in [0.1, 0.15) is 0 Å². The number of carbonyl (C=O) groups excluding carboxylic acids is 3. The fraction of sp³-hybridized carbons (Fsp3) is 0.450. The van der Waals surface area contributed by atoms with Gasteiger partial charge in [0.2, 0.25) is 0 Å². The maximum Gasteiger partial charge on any atom is 0.334 e. The van der Waals surface area contributed by atoms with E-state index >= 15 is 0 Å². The predicted molar refractivity (Wildman–Crippen MR) is 105 cm³/mol. The zero-order valence-corrected chi connectivity index (χ0v) is 17.8. The van der Waals surface area contributed by atoms with Gasteiger partial charge < -0.3 is 14.2 Å². The summed E-state index contributed by atoms with van der Waals surface area (Å²) in [7, 11) is -0.0276. The Labute approximate surface area is 170 Å². The number of aryl methyl sites for hydroxylation is 1. The van der Waals surface area contributed by atoms with Crippen molar-refractivity contribution < 1.29 is 37.0 Å². The Bertz CT molecular complexity index is 866. The molecule has 0 aliphatic rings. The molecular formula is C20H26O8S. The summed E-state index contributed by atoms with van der Waals surface area (Å²) in [5.74, 6) is -2.46. The monoisotopic (exact) mass is 426 g/mol. The van der Waals surface area contributed by atoms with Gasteiger partial charge in [-0.1, -0.05) is 17.7 Å². The summed E-state index contributed by atoms with van der Waals surface area (Å²) in [6, 6.07) is 6.55. The molecule has 0 aliphatic heterocycles. The SMILES string of the molecule is COC(=O)CC(C(=O)OC)=C(CCCCS(=O)(=O)c1ccc(C)cc1)C(=O)OC. The van der Waals surface area contributed by atoms with Crippen molar-refractivity contribution in [3.05, 3.63) is 41.0 Å². The molecule has 0 unspecified atom stereocenters. The van der Waals surface area contributed by atoms with E-state index in [2.05, 4.69) is 9.47 Å². The van der Waals surface area contributed by atoms with Gasteiger partial charge in [0.25, 0.3) is 0 Å². The normalized spacial score (nSPS) is 12.0. The molecule has 0 atom stereocenters. The number of esters is 3. The number of hydrogen-bond acceptors (Lipinski definition) is 8. The Morgan fingerprint density at radius 2 is 1.38 bits per heavy atom. The van der Waals surface area contributed by atoms with Gasteiger partial charge in [-0.15, -0.1) is 0 Å². The van der Waals surface area contributed by atoms with Crippen LogP contribution in [0.5, 0.6) is 0 Å². The highest BCUT2D eigenvalue weighted by Crippen LogP contribution is 2.21. The largest absolute Gasteiger partial charge is 0.469 e. The lowest BCUT2D eigenvalue weighted by Crippen LogP contribution is -2.18. The van der Waals surface area contributed by atoms with Crippen LogP contribution in [0.1, 0.15) is 31.2 Å². The molecule has 0 bridgehead atoms. The molecule has 1 rings (SSSR count). The van der Waals surface area contributed by atoms with Gasteiger partial charge >= 0.3 is 17.9 Å². The lowest BCUT2D eigenvalue weighted by molar-refractivity contribution is -0.143. The first kappa shape index (κ1) is 24.4. The molecule has 0 aliphatic carbocycles.